The Kier molecular flexibility index (Phi) is 4.07. The molecule has 0 atom stereocenters. The highest BCUT2D eigenvalue weighted by molar-refractivity contribution is 5.95. The lowest BCUT2D eigenvalue weighted by atomic mass is 10.1. The van der Waals surface area contributed by atoms with E-state index in [9.17, 15) is 0 Å². The number of rotatable bonds is 5. The highest BCUT2D eigenvalue weighted by Gasteiger charge is 2.16. The van der Waals surface area contributed by atoms with Crippen LogP contribution in [-0.2, 0) is 0 Å². The van der Waals surface area contributed by atoms with Gasteiger partial charge in [0.1, 0.15) is 17.3 Å². The van der Waals surface area contributed by atoms with Crippen LogP contribution in [0.3, 0.4) is 0 Å². The summed E-state index contributed by atoms with van der Waals surface area (Å²) in [5, 5.41) is 7.47. The molecule has 3 N–H and O–H groups in total. The predicted octanol–water partition coefficient (Wildman–Crippen LogP) is 2.55. The van der Waals surface area contributed by atoms with Gasteiger partial charge in [-0.1, -0.05) is 12.8 Å². The molecule has 1 fully saturated rings. The normalized spacial score (nSPS) is 15.6. The summed E-state index contributed by atoms with van der Waals surface area (Å²) in [4.78, 5) is 0. The van der Waals surface area contributed by atoms with E-state index in [1.54, 1.807) is 19.2 Å². The molecule has 0 unspecified atom stereocenters. The molecule has 1 aromatic carbocycles. The summed E-state index contributed by atoms with van der Waals surface area (Å²) in [5.74, 6) is 2.09. The third-order valence-corrected chi connectivity index (χ3v) is 3.39. The quantitative estimate of drug-likeness (QED) is 0.621. The Labute approximate surface area is 108 Å². The van der Waals surface area contributed by atoms with Crippen LogP contribution in [0.15, 0.2) is 18.2 Å². The standard InChI is InChI=1S/C14H20N2O2/c1-17-12-6-11(14(15)16)7-13(8-12)18-9-10-4-2-3-5-10/h6-8,10H,2-5,9H2,1H3,(H3,15,16). The average Bonchev–Trinajstić information content (AvgIpc) is 2.89. The van der Waals surface area contributed by atoms with Gasteiger partial charge in [-0.15, -0.1) is 0 Å². The van der Waals surface area contributed by atoms with Gasteiger partial charge in [0.25, 0.3) is 0 Å². The fraction of sp³-hybridized carbons (Fsp3) is 0.500. The van der Waals surface area contributed by atoms with E-state index in [0.717, 1.165) is 12.4 Å². The molecule has 1 saturated carbocycles. The van der Waals surface area contributed by atoms with E-state index in [2.05, 4.69) is 0 Å². The van der Waals surface area contributed by atoms with Crippen LogP contribution in [0.2, 0.25) is 0 Å². The Morgan fingerprint density at radius 1 is 1.28 bits per heavy atom. The second-order valence-corrected chi connectivity index (χ2v) is 4.77. The largest absolute Gasteiger partial charge is 0.497 e. The van der Waals surface area contributed by atoms with E-state index in [0.29, 0.717) is 17.2 Å². The van der Waals surface area contributed by atoms with Crippen LogP contribution in [0.4, 0.5) is 0 Å². The molecule has 4 nitrogen and oxygen atoms in total. The van der Waals surface area contributed by atoms with Crippen LogP contribution in [-0.4, -0.2) is 19.6 Å². The number of nitrogens with two attached hydrogens (primary N) is 1. The molecule has 0 aliphatic heterocycles. The predicted molar refractivity (Wildman–Crippen MR) is 71.5 cm³/mol. The fourth-order valence-electron chi connectivity index (χ4n) is 2.32. The molecule has 1 aliphatic rings. The van der Waals surface area contributed by atoms with Crippen LogP contribution in [0.25, 0.3) is 0 Å². The van der Waals surface area contributed by atoms with Crippen LogP contribution in [0.1, 0.15) is 31.2 Å². The maximum atomic E-state index is 7.47. The summed E-state index contributed by atoms with van der Waals surface area (Å²) < 4.78 is 11.0. The minimum Gasteiger partial charge on any atom is -0.497 e. The highest BCUT2D eigenvalue weighted by Crippen LogP contribution is 2.27. The Morgan fingerprint density at radius 3 is 2.56 bits per heavy atom. The van der Waals surface area contributed by atoms with Crippen molar-refractivity contribution in [2.75, 3.05) is 13.7 Å². The molecule has 98 valence electrons. The summed E-state index contributed by atoms with van der Waals surface area (Å²) in [7, 11) is 1.60. The topological polar surface area (TPSA) is 68.3 Å². The van der Waals surface area contributed by atoms with Crippen molar-refractivity contribution in [2.45, 2.75) is 25.7 Å². The molecule has 0 heterocycles. The monoisotopic (exact) mass is 248 g/mol. The summed E-state index contributed by atoms with van der Waals surface area (Å²) in [6, 6.07) is 5.37. The van der Waals surface area contributed by atoms with Gasteiger partial charge in [0.05, 0.1) is 13.7 Å². The molecule has 0 spiro atoms. The number of hydrogen-bond acceptors (Lipinski definition) is 3. The van der Waals surface area contributed by atoms with Gasteiger partial charge in [0.2, 0.25) is 0 Å². The van der Waals surface area contributed by atoms with Crippen LogP contribution in [0.5, 0.6) is 11.5 Å². The van der Waals surface area contributed by atoms with E-state index in [1.165, 1.54) is 25.7 Å². The van der Waals surface area contributed by atoms with E-state index < -0.39 is 0 Å². The smallest absolute Gasteiger partial charge is 0.123 e. The average molecular weight is 248 g/mol. The third kappa shape index (κ3) is 3.15. The van der Waals surface area contributed by atoms with Gasteiger partial charge in [-0.05, 0) is 30.9 Å². The first kappa shape index (κ1) is 12.7. The molecule has 0 saturated heterocycles. The number of hydrogen-bond donors (Lipinski definition) is 2. The van der Waals surface area contributed by atoms with Crippen LogP contribution < -0.4 is 15.2 Å². The first-order chi connectivity index (χ1) is 8.69. The molecule has 1 aliphatic carbocycles. The lowest BCUT2D eigenvalue weighted by Gasteiger charge is -2.13. The van der Waals surface area contributed by atoms with Gasteiger partial charge in [-0.25, -0.2) is 0 Å². The second-order valence-electron chi connectivity index (χ2n) is 4.77. The molecular formula is C14H20N2O2. The first-order valence-corrected chi connectivity index (χ1v) is 6.35. The number of nitrogen functional groups attached to an aromatic ring is 1. The maximum Gasteiger partial charge on any atom is 0.123 e. The van der Waals surface area contributed by atoms with Crippen molar-refractivity contribution in [1.82, 2.24) is 0 Å². The van der Waals surface area contributed by atoms with Crippen molar-refractivity contribution in [3.05, 3.63) is 23.8 Å². The van der Waals surface area contributed by atoms with E-state index >= 15 is 0 Å². The van der Waals surface area contributed by atoms with Crippen molar-refractivity contribution in [3.8, 4) is 11.5 Å². The van der Waals surface area contributed by atoms with Crippen molar-refractivity contribution >= 4 is 5.84 Å². The van der Waals surface area contributed by atoms with Crippen LogP contribution in [0, 0.1) is 11.3 Å². The Bertz CT molecular complexity index is 426. The molecular weight excluding hydrogens is 228 g/mol. The van der Waals surface area contributed by atoms with Gasteiger partial charge in [0, 0.05) is 11.6 Å². The lowest BCUT2D eigenvalue weighted by molar-refractivity contribution is 0.251. The molecule has 0 radical (unpaired) electrons. The van der Waals surface area contributed by atoms with Gasteiger partial charge >= 0.3 is 0 Å². The van der Waals surface area contributed by atoms with E-state index in [4.69, 9.17) is 20.6 Å². The molecule has 0 bridgehead atoms. The van der Waals surface area contributed by atoms with Crippen molar-refractivity contribution < 1.29 is 9.47 Å². The molecule has 0 amide bonds. The van der Waals surface area contributed by atoms with Gasteiger partial charge in [-0.3, -0.25) is 5.41 Å². The maximum absolute atomic E-state index is 7.47. The summed E-state index contributed by atoms with van der Waals surface area (Å²) in [6.07, 6.45) is 5.13. The SMILES string of the molecule is COc1cc(OCC2CCCC2)cc(C(=N)N)c1. The molecule has 4 heteroatoms. The number of nitrogens with one attached hydrogen (secondary N) is 1. The summed E-state index contributed by atoms with van der Waals surface area (Å²) in [6.45, 7) is 0.741. The van der Waals surface area contributed by atoms with Crippen molar-refractivity contribution in [3.63, 3.8) is 0 Å². The first-order valence-electron chi connectivity index (χ1n) is 6.35. The molecule has 0 aromatic heterocycles. The second kappa shape index (κ2) is 5.76. The van der Waals surface area contributed by atoms with Gasteiger partial charge in [-0.2, -0.15) is 0 Å². The Balaban J connectivity index is 2.05. The third-order valence-electron chi connectivity index (χ3n) is 3.39. The number of benzene rings is 1. The molecule has 2 rings (SSSR count). The zero-order valence-corrected chi connectivity index (χ0v) is 10.7. The highest BCUT2D eigenvalue weighted by atomic mass is 16.5. The summed E-state index contributed by atoms with van der Waals surface area (Å²) in [5.41, 5.74) is 6.13. The fourth-order valence-corrected chi connectivity index (χ4v) is 2.32. The zero-order chi connectivity index (χ0) is 13.0. The Hall–Kier alpha value is -1.71. The summed E-state index contributed by atoms with van der Waals surface area (Å²) >= 11 is 0. The molecule has 18 heavy (non-hydrogen) atoms. The molecule has 1 aromatic rings. The number of methoxy groups -OCH3 is 1. The van der Waals surface area contributed by atoms with Gasteiger partial charge in [0.15, 0.2) is 0 Å². The zero-order valence-electron chi connectivity index (χ0n) is 10.7. The van der Waals surface area contributed by atoms with Gasteiger partial charge < -0.3 is 15.2 Å². The van der Waals surface area contributed by atoms with Crippen molar-refractivity contribution in [1.29, 1.82) is 5.41 Å². The van der Waals surface area contributed by atoms with E-state index in [1.807, 2.05) is 6.07 Å². The number of amidine groups is 1. The number of ether oxygens (including phenoxy) is 2. The Morgan fingerprint density at radius 2 is 1.94 bits per heavy atom. The minimum atomic E-state index is 0.0274. The van der Waals surface area contributed by atoms with Crippen molar-refractivity contribution in [2.24, 2.45) is 11.7 Å². The van der Waals surface area contributed by atoms with Crippen LogP contribution >= 0.6 is 0 Å². The van der Waals surface area contributed by atoms with E-state index in [-0.39, 0.29) is 5.84 Å². The minimum absolute atomic E-state index is 0.0274. The lowest BCUT2D eigenvalue weighted by Crippen LogP contribution is -2.12.